The molecule has 3 heterocycles. The molecule has 6 rings (SSSR count). The first-order chi connectivity index (χ1) is 18.1. The van der Waals surface area contributed by atoms with Crippen LogP contribution in [0.5, 0.6) is 5.75 Å². The molecule has 8 nitrogen and oxygen atoms in total. The Morgan fingerprint density at radius 3 is 2.57 bits per heavy atom. The molecule has 0 unspecified atom stereocenters. The molecule has 8 heteroatoms. The second kappa shape index (κ2) is 9.23. The summed E-state index contributed by atoms with van der Waals surface area (Å²) in [7, 11) is 0. The molecule has 0 fully saturated rings. The number of hydrogen-bond acceptors (Lipinski definition) is 5. The monoisotopic (exact) mass is 489 g/mol. The van der Waals surface area contributed by atoms with Gasteiger partial charge in [0.2, 0.25) is 0 Å². The Hall–Kier alpha value is -4.98. The fourth-order valence-electron chi connectivity index (χ4n) is 4.52. The van der Waals surface area contributed by atoms with Crippen LogP contribution in [0.4, 0.5) is 0 Å². The van der Waals surface area contributed by atoms with Crippen LogP contribution in [0.15, 0.2) is 96.1 Å². The van der Waals surface area contributed by atoms with Crippen molar-refractivity contribution >= 4 is 33.2 Å². The Kier molecular flexibility index (Phi) is 5.61. The average Bonchev–Trinajstić information content (AvgIpc) is 3.33. The summed E-state index contributed by atoms with van der Waals surface area (Å²) in [5.41, 5.74) is 6.36. The van der Waals surface area contributed by atoms with Crippen molar-refractivity contribution in [3.63, 3.8) is 0 Å². The normalized spacial score (nSPS) is 11.3. The van der Waals surface area contributed by atoms with Crippen LogP contribution >= 0.6 is 0 Å². The highest BCUT2D eigenvalue weighted by atomic mass is 16.5. The number of benzene rings is 3. The predicted molar refractivity (Wildman–Crippen MR) is 143 cm³/mol. The maximum absolute atomic E-state index is 13.2. The van der Waals surface area contributed by atoms with E-state index in [1.807, 2.05) is 79.7 Å². The fourth-order valence-corrected chi connectivity index (χ4v) is 4.52. The zero-order chi connectivity index (χ0) is 25.4. The highest BCUT2D eigenvalue weighted by Gasteiger charge is 2.18. The number of rotatable bonds is 6. The van der Waals surface area contributed by atoms with Crippen molar-refractivity contribution in [2.75, 3.05) is 12.0 Å². The maximum Gasteiger partial charge on any atom is 0.280 e. The molecule has 37 heavy (non-hydrogen) atoms. The summed E-state index contributed by atoms with van der Waals surface area (Å²) in [6.07, 6.45) is 3.78. The Morgan fingerprint density at radius 2 is 1.76 bits per heavy atom. The van der Waals surface area contributed by atoms with Gasteiger partial charge in [-0.3, -0.25) is 15.0 Å². The third-order valence-electron chi connectivity index (χ3n) is 6.32. The number of aromatic nitrogens is 4. The van der Waals surface area contributed by atoms with Crippen molar-refractivity contribution in [2.45, 2.75) is 13.3 Å². The molecule has 0 aliphatic carbocycles. The average molecular weight is 490 g/mol. The third kappa shape index (κ3) is 4.08. The number of nitrogens with zero attached hydrogens (tertiary/aromatic N) is 4. The van der Waals surface area contributed by atoms with Crippen LogP contribution in [0, 0.1) is 0 Å². The minimum Gasteiger partial charge on any atom is -0.484 e. The number of pyridine rings is 1. The summed E-state index contributed by atoms with van der Waals surface area (Å²) in [5, 5.41) is 7.20. The van der Waals surface area contributed by atoms with Crippen LogP contribution in [0.25, 0.3) is 38.4 Å². The van der Waals surface area contributed by atoms with Gasteiger partial charge in [-0.1, -0.05) is 67.6 Å². The van der Waals surface area contributed by atoms with Crippen LogP contribution in [0.1, 0.15) is 12.6 Å². The molecule has 3 aromatic carbocycles. The zero-order valence-electron chi connectivity index (χ0n) is 20.1. The van der Waals surface area contributed by atoms with Gasteiger partial charge in [-0.25, -0.2) is 14.2 Å². The van der Waals surface area contributed by atoms with Gasteiger partial charge in [0.15, 0.2) is 12.3 Å². The smallest absolute Gasteiger partial charge is 0.280 e. The van der Waals surface area contributed by atoms with Gasteiger partial charge in [-0.15, -0.1) is 0 Å². The van der Waals surface area contributed by atoms with E-state index < -0.39 is 11.5 Å². The number of hydrogen-bond donors (Lipinski definition) is 1. The Balaban J connectivity index is 1.27. The van der Waals surface area contributed by atoms with Crippen molar-refractivity contribution in [3.8, 4) is 16.9 Å². The Labute approximate surface area is 211 Å². The van der Waals surface area contributed by atoms with Gasteiger partial charge in [0.1, 0.15) is 5.75 Å². The third-order valence-corrected chi connectivity index (χ3v) is 6.32. The summed E-state index contributed by atoms with van der Waals surface area (Å²) in [4.78, 5) is 30.3. The van der Waals surface area contributed by atoms with Gasteiger partial charge in [0.25, 0.3) is 11.5 Å². The van der Waals surface area contributed by atoms with Crippen molar-refractivity contribution in [3.05, 3.63) is 107 Å². The van der Waals surface area contributed by atoms with Gasteiger partial charge in [0, 0.05) is 18.0 Å². The first-order valence-corrected chi connectivity index (χ1v) is 12.0. The molecule has 0 spiro atoms. The first-order valence-electron chi connectivity index (χ1n) is 12.0. The molecule has 3 aromatic heterocycles. The molecule has 182 valence electrons. The maximum atomic E-state index is 13.2. The predicted octanol–water partition coefficient (Wildman–Crippen LogP) is 4.58. The minimum absolute atomic E-state index is 0.237. The molecule has 0 aliphatic rings. The van der Waals surface area contributed by atoms with Crippen molar-refractivity contribution in [2.24, 2.45) is 0 Å². The number of nitrogens with one attached hydrogen (secondary N) is 1. The summed E-state index contributed by atoms with van der Waals surface area (Å²) >= 11 is 0. The number of amides is 1. The number of carbonyl (C=O) groups is 1. The summed E-state index contributed by atoms with van der Waals surface area (Å²) in [5.74, 6) is 0.119. The second-order valence-electron chi connectivity index (χ2n) is 8.66. The molecule has 0 atom stereocenters. The highest BCUT2D eigenvalue weighted by Crippen LogP contribution is 2.29. The molecular formula is C29H23N5O3. The number of carbonyl (C=O) groups excluding carboxylic acids is 1. The molecule has 1 amide bonds. The van der Waals surface area contributed by atoms with Crippen molar-refractivity contribution in [1.29, 1.82) is 0 Å². The Morgan fingerprint density at radius 1 is 0.973 bits per heavy atom. The van der Waals surface area contributed by atoms with Crippen LogP contribution in [-0.4, -0.2) is 31.8 Å². The largest absolute Gasteiger partial charge is 0.484 e. The zero-order valence-corrected chi connectivity index (χ0v) is 20.1. The minimum atomic E-state index is -0.456. The lowest BCUT2D eigenvalue weighted by atomic mass is 10.0. The molecule has 1 N–H and O–H groups in total. The van der Waals surface area contributed by atoms with Gasteiger partial charge in [-0.2, -0.15) is 5.10 Å². The van der Waals surface area contributed by atoms with Gasteiger partial charge >= 0.3 is 0 Å². The van der Waals surface area contributed by atoms with Crippen LogP contribution in [0.2, 0.25) is 0 Å². The van der Waals surface area contributed by atoms with Crippen LogP contribution in [-0.2, 0) is 11.2 Å². The van der Waals surface area contributed by atoms with Crippen molar-refractivity contribution in [1.82, 2.24) is 19.3 Å². The van der Waals surface area contributed by atoms with E-state index in [1.165, 1.54) is 12.4 Å². The van der Waals surface area contributed by atoms with Gasteiger partial charge < -0.3 is 4.74 Å². The standard InChI is InChI=1S/C29H23N5O3/c1-2-24-27(20-9-4-3-5-10-20)28-30-17-23-25(34(28)31-24)14-15-33(29(23)36)32-26(35)18-37-22-13-12-19-8-6-7-11-21(19)16-22/h3-17H,2,18H2,1H3,(H,32,35). The van der Waals surface area contributed by atoms with Gasteiger partial charge in [0.05, 0.1) is 16.6 Å². The summed E-state index contributed by atoms with van der Waals surface area (Å²) in [6.45, 7) is 1.80. The molecular weight excluding hydrogens is 466 g/mol. The molecule has 6 aromatic rings. The van der Waals surface area contributed by atoms with E-state index in [2.05, 4.69) is 10.4 Å². The van der Waals surface area contributed by atoms with E-state index in [1.54, 1.807) is 10.6 Å². The number of ether oxygens (including phenoxy) is 1. The molecule has 0 aliphatic heterocycles. The van der Waals surface area contributed by atoms with Crippen LogP contribution < -0.4 is 15.7 Å². The summed E-state index contributed by atoms with van der Waals surface area (Å²) < 4.78 is 8.49. The molecule has 0 radical (unpaired) electrons. The lowest BCUT2D eigenvalue weighted by Gasteiger charge is -2.11. The lowest BCUT2D eigenvalue weighted by molar-refractivity contribution is -0.119. The number of fused-ring (bicyclic) bond motifs is 4. The molecule has 0 saturated carbocycles. The van der Waals surface area contributed by atoms with E-state index in [4.69, 9.17) is 9.84 Å². The SMILES string of the molecule is CCc1nn2c(ncc3c(=O)n(NC(=O)COc4ccc5ccccc5c4)ccc32)c1-c1ccccc1. The topological polar surface area (TPSA) is 90.5 Å². The van der Waals surface area contributed by atoms with E-state index in [-0.39, 0.29) is 6.61 Å². The van der Waals surface area contributed by atoms with Crippen molar-refractivity contribution < 1.29 is 9.53 Å². The Bertz CT molecular complexity index is 1840. The van der Waals surface area contributed by atoms with Gasteiger partial charge in [-0.05, 0) is 41.0 Å². The van der Waals surface area contributed by atoms with E-state index in [0.717, 1.165) is 38.7 Å². The molecule has 0 bridgehead atoms. The van der Waals surface area contributed by atoms with E-state index >= 15 is 0 Å². The number of aryl methyl sites for hydroxylation is 1. The lowest BCUT2D eigenvalue weighted by Crippen LogP contribution is -2.35. The molecule has 0 saturated heterocycles. The first kappa shape index (κ1) is 22.5. The quantitative estimate of drug-likeness (QED) is 0.370. The second-order valence-corrected chi connectivity index (χ2v) is 8.66. The van der Waals surface area contributed by atoms with E-state index in [0.29, 0.717) is 22.3 Å². The highest BCUT2D eigenvalue weighted by molar-refractivity contribution is 5.88. The summed E-state index contributed by atoms with van der Waals surface area (Å²) in [6, 6.07) is 25.2. The van der Waals surface area contributed by atoms with Crippen LogP contribution in [0.3, 0.4) is 0 Å². The fraction of sp³-hybridized carbons (Fsp3) is 0.103. The van der Waals surface area contributed by atoms with E-state index in [9.17, 15) is 9.59 Å².